The van der Waals surface area contributed by atoms with E-state index in [0.29, 0.717) is 5.69 Å². The van der Waals surface area contributed by atoms with Crippen LogP contribution >= 0.6 is 15.9 Å². The maximum Gasteiger partial charge on any atom is 0.311 e. The number of esters is 1. The second-order valence-electron chi connectivity index (χ2n) is 6.86. The van der Waals surface area contributed by atoms with Crippen LogP contribution in [0.25, 0.3) is 0 Å². The number of halogens is 1. The fraction of sp³-hybridized carbons (Fsp3) is 0.286. The quantitative estimate of drug-likeness (QED) is 0.714. The van der Waals surface area contributed by atoms with Crippen molar-refractivity contribution in [1.82, 2.24) is 0 Å². The van der Waals surface area contributed by atoms with E-state index in [1.165, 1.54) is 0 Å². The molecular weight excluding hydrogens is 424 g/mol. The van der Waals surface area contributed by atoms with Crippen LogP contribution < -0.4 is 10.2 Å². The number of rotatable bonds is 5. The van der Waals surface area contributed by atoms with E-state index in [1.54, 1.807) is 29.2 Å². The number of benzene rings is 2. The molecule has 0 bridgehead atoms. The highest BCUT2D eigenvalue weighted by Gasteiger charge is 2.36. The van der Waals surface area contributed by atoms with Crippen molar-refractivity contribution in [3.8, 4) is 0 Å². The third-order valence-corrected chi connectivity index (χ3v) is 5.10. The van der Waals surface area contributed by atoms with E-state index in [4.69, 9.17) is 4.74 Å². The minimum Gasteiger partial charge on any atom is -0.455 e. The predicted molar refractivity (Wildman–Crippen MR) is 110 cm³/mol. The Bertz CT molecular complexity index is 911. The first-order valence-corrected chi connectivity index (χ1v) is 9.72. The first kappa shape index (κ1) is 20.1. The van der Waals surface area contributed by atoms with Crippen LogP contribution in [0.2, 0.25) is 0 Å². The van der Waals surface area contributed by atoms with Gasteiger partial charge < -0.3 is 15.0 Å². The average molecular weight is 445 g/mol. The standard InChI is InChI=1S/C21H21BrN2O4/c1-13-3-8-18(14(2)9-13)24-11-15(10-20(24)26)21(27)28-12-19(25)23-17-6-4-16(22)5-7-17/h3-9,15H,10-12H2,1-2H3,(H,23,25)/t15-/m1/s1. The van der Waals surface area contributed by atoms with Gasteiger partial charge in [0.2, 0.25) is 5.91 Å². The van der Waals surface area contributed by atoms with Crippen molar-refractivity contribution in [3.05, 3.63) is 58.1 Å². The van der Waals surface area contributed by atoms with Gasteiger partial charge in [-0.25, -0.2) is 0 Å². The number of nitrogens with zero attached hydrogens (tertiary/aromatic N) is 1. The summed E-state index contributed by atoms with van der Waals surface area (Å²) in [7, 11) is 0. The molecule has 1 N–H and O–H groups in total. The first-order valence-electron chi connectivity index (χ1n) is 8.93. The van der Waals surface area contributed by atoms with Gasteiger partial charge in [-0.3, -0.25) is 14.4 Å². The molecule has 7 heteroatoms. The van der Waals surface area contributed by atoms with E-state index >= 15 is 0 Å². The number of carbonyl (C=O) groups excluding carboxylic acids is 3. The number of aryl methyl sites for hydroxylation is 2. The molecule has 28 heavy (non-hydrogen) atoms. The molecule has 1 aliphatic heterocycles. The molecule has 2 aromatic rings. The lowest BCUT2D eigenvalue weighted by Crippen LogP contribution is -2.28. The SMILES string of the molecule is Cc1ccc(N2C[C@H](C(=O)OCC(=O)Nc3ccc(Br)cc3)CC2=O)c(C)c1. The average Bonchev–Trinajstić information content (AvgIpc) is 3.03. The van der Waals surface area contributed by atoms with Crippen molar-refractivity contribution in [2.24, 2.45) is 5.92 Å². The molecule has 1 aliphatic rings. The van der Waals surface area contributed by atoms with Gasteiger partial charge in [0.15, 0.2) is 6.61 Å². The Kier molecular flexibility index (Phi) is 6.14. The lowest BCUT2D eigenvalue weighted by atomic mass is 10.1. The molecule has 0 aliphatic carbocycles. The fourth-order valence-corrected chi connectivity index (χ4v) is 3.46. The summed E-state index contributed by atoms with van der Waals surface area (Å²) >= 11 is 3.32. The third-order valence-electron chi connectivity index (χ3n) is 4.57. The van der Waals surface area contributed by atoms with E-state index in [1.807, 2.05) is 32.0 Å². The van der Waals surface area contributed by atoms with Crippen molar-refractivity contribution < 1.29 is 19.1 Å². The molecule has 0 radical (unpaired) electrons. The third kappa shape index (κ3) is 4.78. The van der Waals surface area contributed by atoms with Crippen LogP contribution in [-0.4, -0.2) is 30.9 Å². The zero-order valence-electron chi connectivity index (χ0n) is 15.7. The summed E-state index contributed by atoms with van der Waals surface area (Å²) < 4.78 is 6.03. The summed E-state index contributed by atoms with van der Waals surface area (Å²) in [5.41, 5.74) is 3.51. The maximum atomic E-state index is 12.4. The van der Waals surface area contributed by atoms with E-state index in [9.17, 15) is 14.4 Å². The molecule has 146 valence electrons. The topological polar surface area (TPSA) is 75.7 Å². The zero-order chi connectivity index (χ0) is 20.3. The van der Waals surface area contributed by atoms with Crippen LogP contribution in [0.5, 0.6) is 0 Å². The van der Waals surface area contributed by atoms with Gasteiger partial charge in [-0.15, -0.1) is 0 Å². The normalized spacial score (nSPS) is 16.2. The molecule has 2 aromatic carbocycles. The molecule has 2 amide bonds. The summed E-state index contributed by atoms with van der Waals surface area (Å²) in [6, 6.07) is 12.9. The van der Waals surface area contributed by atoms with Crippen molar-refractivity contribution in [2.75, 3.05) is 23.4 Å². The Hall–Kier alpha value is -2.67. The van der Waals surface area contributed by atoms with Gasteiger partial charge in [0.05, 0.1) is 5.92 Å². The van der Waals surface area contributed by atoms with Crippen molar-refractivity contribution in [2.45, 2.75) is 20.3 Å². The Morgan fingerprint density at radius 2 is 1.89 bits per heavy atom. The Morgan fingerprint density at radius 1 is 1.18 bits per heavy atom. The zero-order valence-corrected chi connectivity index (χ0v) is 17.3. The summed E-state index contributed by atoms with van der Waals surface area (Å²) in [5, 5.41) is 2.66. The number of nitrogens with one attached hydrogen (secondary N) is 1. The van der Waals surface area contributed by atoms with Crippen molar-refractivity contribution in [3.63, 3.8) is 0 Å². The molecule has 1 atom stereocenters. The molecular formula is C21H21BrN2O4. The van der Waals surface area contributed by atoms with Crippen LogP contribution in [0, 0.1) is 19.8 Å². The van der Waals surface area contributed by atoms with Crippen molar-refractivity contribution >= 4 is 45.1 Å². The molecule has 0 spiro atoms. The molecule has 6 nitrogen and oxygen atoms in total. The fourth-order valence-electron chi connectivity index (χ4n) is 3.19. The van der Waals surface area contributed by atoms with E-state index < -0.39 is 17.8 Å². The summed E-state index contributed by atoms with van der Waals surface area (Å²) in [6.45, 7) is 3.80. The highest BCUT2D eigenvalue weighted by atomic mass is 79.9. The summed E-state index contributed by atoms with van der Waals surface area (Å²) in [6.07, 6.45) is 0.0838. The van der Waals surface area contributed by atoms with Gasteiger partial charge in [-0.2, -0.15) is 0 Å². The number of anilines is 2. The minimum absolute atomic E-state index is 0.0838. The van der Waals surface area contributed by atoms with Gasteiger partial charge in [-0.05, 0) is 49.7 Å². The largest absolute Gasteiger partial charge is 0.455 e. The highest BCUT2D eigenvalue weighted by molar-refractivity contribution is 9.10. The molecule has 0 unspecified atom stereocenters. The smallest absolute Gasteiger partial charge is 0.311 e. The number of ether oxygens (including phenoxy) is 1. The van der Waals surface area contributed by atoms with Crippen LogP contribution in [-0.2, 0) is 19.1 Å². The predicted octanol–water partition coefficient (Wildman–Crippen LogP) is 3.60. The summed E-state index contributed by atoms with van der Waals surface area (Å²) in [4.78, 5) is 38.3. The monoisotopic (exact) mass is 444 g/mol. The Balaban J connectivity index is 1.54. The Labute approximate surface area is 172 Å². The molecule has 0 saturated carbocycles. The van der Waals surface area contributed by atoms with Crippen molar-refractivity contribution in [1.29, 1.82) is 0 Å². The molecule has 1 saturated heterocycles. The van der Waals surface area contributed by atoms with Gasteiger partial charge in [0.25, 0.3) is 5.91 Å². The summed E-state index contributed by atoms with van der Waals surface area (Å²) in [5.74, 6) is -1.65. The molecule has 3 rings (SSSR count). The molecule has 1 fully saturated rings. The van der Waals surface area contributed by atoms with Gasteiger partial charge >= 0.3 is 5.97 Å². The maximum absolute atomic E-state index is 12.4. The van der Waals surface area contributed by atoms with Crippen LogP contribution in [0.3, 0.4) is 0 Å². The number of hydrogen-bond acceptors (Lipinski definition) is 4. The first-order chi connectivity index (χ1) is 13.3. The number of hydrogen-bond donors (Lipinski definition) is 1. The lowest BCUT2D eigenvalue weighted by Gasteiger charge is -2.19. The highest BCUT2D eigenvalue weighted by Crippen LogP contribution is 2.29. The van der Waals surface area contributed by atoms with E-state index in [-0.39, 0.29) is 25.5 Å². The minimum atomic E-state index is -0.575. The van der Waals surface area contributed by atoms with Crippen LogP contribution in [0.1, 0.15) is 17.5 Å². The second kappa shape index (κ2) is 8.56. The van der Waals surface area contributed by atoms with Crippen LogP contribution in [0.15, 0.2) is 46.9 Å². The van der Waals surface area contributed by atoms with Gasteiger partial charge in [0.1, 0.15) is 0 Å². The lowest BCUT2D eigenvalue weighted by molar-refractivity contribution is -0.151. The Morgan fingerprint density at radius 3 is 2.57 bits per heavy atom. The molecule has 1 heterocycles. The molecule has 0 aromatic heterocycles. The van der Waals surface area contributed by atoms with Crippen LogP contribution in [0.4, 0.5) is 11.4 Å². The number of carbonyl (C=O) groups is 3. The number of amides is 2. The van der Waals surface area contributed by atoms with Gasteiger partial charge in [-0.1, -0.05) is 33.6 Å². The van der Waals surface area contributed by atoms with E-state index in [2.05, 4.69) is 21.2 Å². The van der Waals surface area contributed by atoms with E-state index in [0.717, 1.165) is 21.3 Å². The van der Waals surface area contributed by atoms with Gasteiger partial charge in [0, 0.05) is 28.8 Å². The second-order valence-corrected chi connectivity index (χ2v) is 7.77.